The Hall–Kier alpha value is -0.450. The number of pyridine rings is 1. The molecule has 0 amide bonds. The average molecular weight is 244 g/mol. The second-order valence-corrected chi connectivity index (χ2v) is 3.85. The lowest BCUT2D eigenvalue weighted by molar-refractivity contribution is -0.204. The predicted octanol–water partition coefficient (Wildman–Crippen LogP) is 1.72. The zero-order valence-corrected chi connectivity index (χ0v) is 8.87. The molecule has 0 atom stereocenters. The van der Waals surface area contributed by atoms with E-state index in [4.69, 9.17) is 9.47 Å². The van der Waals surface area contributed by atoms with Crippen LogP contribution in [0.15, 0.2) is 22.8 Å². The number of nitrogens with zero attached hydrogens (tertiary/aromatic N) is 1. The summed E-state index contributed by atoms with van der Waals surface area (Å²) < 4.78 is 11.4. The Labute approximate surface area is 85.2 Å². The summed E-state index contributed by atoms with van der Waals surface area (Å²) in [4.78, 5) is 4.35. The molecule has 1 aliphatic rings. The van der Waals surface area contributed by atoms with E-state index >= 15 is 0 Å². The zero-order valence-electron chi connectivity index (χ0n) is 7.29. The molecule has 2 heterocycles. The standard InChI is InChI=1S/C9H10BrNO2/c1-12-9(5-13-6-9)7-3-2-4-8(10)11-7/h2-4H,5-6H2,1H3. The molecule has 1 aromatic heterocycles. The third-order valence-corrected chi connectivity index (χ3v) is 2.68. The van der Waals surface area contributed by atoms with Crippen LogP contribution in [0.4, 0.5) is 0 Å². The van der Waals surface area contributed by atoms with Crippen LogP contribution in [0, 0.1) is 0 Å². The molecule has 0 N–H and O–H groups in total. The maximum atomic E-state index is 5.41. The Kier molecular flexibility index (Phi) is 2.36. The molecule has 1 aliphatic heterocycles. The molecule has 2 rings (SSSR count). The number of hydrogen-bond donors (Lipinski definition) is 0. The molecule has 1 fully saturated rings. The lowest BCUT2D eigenvalue weighted by Gasteiger charge is -2.39. The molecule has 70 valence electrons. The molecule has 0 unspecified atom stereocenters. The largest absolute Gasteiger partial charge is 0.374 e. The van der Waals surface area contributed by atoms with E-state index in [-0.39, 0.29) is 5.60 Å². The highest BCUT2D eigenvalue weighted by molar-refractivity contribution is 9.10. The van der Waals surface area contributed by atoms with Gasteiger partial charge in [0.25, 0.3) is 0 Å². The van der Waals surface area contributed by atoms with Crippen molar-refractivity contribution in [3.05, 3.63) is 28.5 Å². The van der Waals surface area contributed by atoms with Gasteiger partial charge in [-0.25, -0.2) is 4.98 Å². The highest BCUT2D eigenvalue weighted by atomic mass is 79.9. The molecular weight excluding hydrogens is 234 g/mol. The maximum absolute atomic E-state index is 5.41. The van der Waals surface area contributed by atoms with E-state index in [1.807, 2.05) is 18.2 Å². The van der Waals surface area contributed by atoms with Gasteiger partial charge in [-0.1, -0.05) is 6.07 Å². The van der Waals surface area contributed by atoms with Crippen molar-refractivity contribution in [3.8, 4) is 0 Å². The normalized spacial score (nSPS) is 19.5. The summed E-state index contributed by atoms with van der Waals surface area (Å²) in [5.41, 5.74) is 0.611. The van der Waals surface area contributed by atoms with Gasteiger partial charge in [0.1, 0.15) is 4.60 Å². The monoisotopic (exact) mass is 243 g/mol. The summed E-state index contributed by atoms with van der Waals surface area (Å²) in [5, 5.41) is 0. The van der Waals surface area contributed by atoms with E-state index in [1.165, 1.54) is 0 Å². The van der Waals surface area contributed by atoms with Crippen LogP contribution in [0.3, 0.4) is 0 Å². The van der Waals surface area contributed by atoms with Crippen molar-refractivity contribution in [3.63, 3.8) is 0 Å². The molecule has 0 aliphatic carbocycles. The Morgan fingerprint density at radius 2 is 2.31 bits per heavy atom. The van der Waals surface area contributed by atoms with Gasteiger partial charge in [-0.2, -0.15) is 0 Å². The van der Waals surface area contributed by atoms with Crippen molar-refractivity contribution in [2.75, 3.05) is 20.3 Å². The Bertz CT molecular complexity index is 307. The van der Waals surface area contributed by atoms with Crippen molar-refractivity contribution in [2.24, 2.45) is 0 Å². The minimum absolute atomic E-state index is 0.316. The third kappa shape index (κ3) is 1.49. The van der Waals surface area contributed by atoms with Crippen molar-refractivity contribution in [2.45, 2.75) is 5.60 Å². The molecule has 0 aromatic carbocycles. The average Bonchev–Trinajstić information content (AvgIpc) is 2.03. The van der Waals surface area contributed by atoms with Crippen LogP contribution in [0.25, 0.3) is 0 Å². The summed E-state index contributed by atoms with van der Waals surface area (Å²) >= 11 is 3.33. The van der Waals surface area contributed by atoms with E-state index in [0.29, 0.717) is 13.2 Å². The predicted molar refractivity (Wildman–Crippen MR) is 51.4 cm³/mol. The van der Waals surface area contributed by atoms with E-state index in [2.05, 4.69) is 20.9 Å². The van der Waals surface area contributed by atoms with Gasteiger partial charge in [-0.15, -0.1) is 0 Å². The fourth-order valence-electron chi connectivity index (χ4n) is 1.32. The quantitative estimate of drug-likeness (QED) is 0.742. The first kappa shape index (κ1) is 9.12. The van der Waals surface area contributed by atoms with Gasteiger partial charge in [0, 0.05) is 7.11 Å². The lowest BCUT2D eigenvalue weighted by Crippen LogP contribution is -2.48. The van der Waals surface area contributed by atoms with Crippen LogP contribution in [-0.2, 0) is 15.1 Å². The van der Waals surface area contributed by atoms with Crippen molar-refractivity contribution in [1.82, 2.24) is 4.98 Å². The van der Waals surface area contributed by atoms with Crippen LogP contribution in [0.2, 0.25) is 0 Å². The summed E-state index contributed by atoms with van der Waals surface area (Å²) in [6.45, 7) is 1.18. The summed E-state index contributed by atoms with van der Waals surface area (Å²) in [6.07, 6.45) is 0. The first-order valence-corrected chi connectivity index (χ1v) is 4.82. The number of ether oxygens (including phenoxy) is 2. The Morgan fingerprint density at radius 1 is 1.54 bits per heavy atom. The Balaban J connectivity index is 2.33. The molecule has 0 saturated carbocycles. The first-order chi connectivity index (χ1) is 6.27. The molecule has 13 heavy (non-hydrogen) atoms. The number of halogens is 1. The lowest BCUT2D eigenvalue weighted by atomic mass is 9.97. The second kappa shape index (κ2) is 3.36. The summed E-state index contributed by atoms with van der Waals surface area (Å²) in [5.74, 6) is 0. The first-order valence-electron chi connectivity index (χ1n) is 4.03. The minimum atomic E-state index is -0.316. The van der Waals surface area contributed by atoms with Gasteiger partial charge in [0.05, 0.1) is 18.9 Å². The van der Waals surface area contributed by atoms with Gasteiger partial charge < -0.3 is 9.47 Å². The molecule has 4 heteroatoms. The third-order valence-electron chi connectivity index (χ3n) is 2.24. The van der Waals surface area contributed by atoms with E-state index in [0.717, 1.165) is 10.3 Å². The van der Waals surface area contributed by atoms with Gasteiger partial charge in [0.15, 0.2) is 5.60 Å². The molecule has 0 radical (unpaired) electrons. The van der Waals surface area contributed by atoms with Gasteiger partial charge in [-0.3, -0.25) is 0 Å². The number of hydrogen-bond acceptors (Lipinski definition) is 3. The number of aromatic nitrogens is 1. The highest BCUT2D eigenvalue weighted by Gasteiger charge is 2.41. The molecule has 3 nitrogen and oxygen atoms in total. The van der Waals surface area contributed by atoms with Crippen molar-refractivity contribution < 1.29 is 9.47 Å². The van der Waals surface area contributed by atoms with E-state index in [9.17, 15) is 0 Å². The van der Waals surface area contributed by atoms with Crippen molar-refractivity contribution >= 4 is 15.9 Å². The van der Waals surface area contributed by atoms with Crippen LogP contribution in [0.5, 0.6) is 0 Å². The molecular formula is C9H10BrNO2. The Morgan fingerprint density at radius 3 is 2.77 bits per heavy atom. The SMILES string of the molecule is COC1(c2cccc(Br)n2)COC1. The van der Waals surface area contributed by atoms with Gasteiger partial charge >= 0.3 is 0 Å². The topological polar surface area (TPSA) is 31.4 Å². The maximum Gasteiger partial charge on any atom is 0.156 e. The summed E-state index contributed by atoms with van der Waals surface area (Å²) in [6, 6.07) is 5.80. The van der Waals surface area contributed by atoms with Gasteiger partial charge in [-0.05, 0) is 28.1 Å². The number of rotatable bonds is 2. The number of methoxy groups -OCH3 is 1. The summed E-state index contributed by atoms with van der Waals surface area (Å²) in [7, 11) is 1.69. The molecule has 1 aromatic rings. The zero-order chi connectivity index (χ0) is 9.31. The second-order valence-electron chi connectivity index (χ2n) is 3.04. The van der Waals surface area contributed by atoms with Crippen LogP contribution < -0.4 is 0 Å². The molecule has 0 bridgehead atoms. The molecule has 1 saturated heterocycles. The fourth-order valence-corrected chi connectivity index (χ4v) is 1.66. The van der Waals surface area contributed by atoms with Crippen LogP contribution >= 0.6 is 15.9 Å². The minimum Gasteiger partial charge on any atom is -0.374 e. The van der Waals surface area contributed by atoms with Gasteiger partial charge in [0.2, 0.25) is 0 Å². The smallest absolute Gasteiger partial charge is 0.156 e. The fraction of sp³-hybridized carbons (Fsp3) is 0.444. The van der Waals surface area contributed by atoms with E-state index in [1.54, 1.807) is 7.11 Å². The van der Waals surface area contributed by atoms with E-state index < -0.39 is 0 Å². The highest BCUT2D eigenvalue weighted by Crippen LogP contribution is 2.32. The molecule has 0 spiro atoms. The van der Waals surface area contributed by atoms with Crippen molar-refractivity contribution in [1.29, 1.82) is 0 Å². The van der Waals surface area contributed by atoms with Crippen LogP contribution in [0.1, 0.15) is 5.69 Å². The van der Waals surface area contributed by atoms with Crippen LogP contribution in [-0.4, -0.2) is 25.3 Å².